The van der Waals surface area contributed by atoms with Gasteiger partial charge < -0.3 is 14.7 Å². The first-order valence-electron chi connectivity index (χ1n) is 6.06. The standard InChI is InChI=1S/C13H12Cl2INO4/c1-21-7-4-10(13(19)20)17(5-7)12(18)8-2-6(14)3-9(15)11(8)16/h2-3,7,10H,4-5H2,1H3,(H,19,20). The quantitative estimate of drug-likeness (QED) is 0.576. The molecule has 0 aromatic heterocycles. The number of carboxylic acids is 1. The van der Waals surface area contributed by atoms with E-state index in [1.807, 2.05) is 22.6 Å². The molecule has 0 aliphatic carbocycles. The molecule has 2 unspecified atom stereocenters. The molecule has 1 amide bonds. The molecule has 2 rings (SSSR count). The van der Waals surface area contributed by atoms with E-state index in [9.17, 15) is 14.7 Å². The summed E-state index contributed by atoms with van der Waals surface area (Å²) >= 11 is 13.9. The maximum atomic E-state index is 12.6. The number of carboxylic acid groups (broad SMARTS) is 1. The van der Waals surface area contributed by atoms with Gasteiger partial charge in [0.25, 0.3) is 5.91 Å². The number of aliphatic carboxylic acids is 1. The second-order valence-electron chi connectivity index (χ2n) is 4.65. The molecule has 1 aromatic rings. The number of hydrogen-bond donors (Lipinski definition) is 1. The Morgan fingerprint density at radius 3 is 2.67 bits per heavy atom. The van der Waals surface area contributed by atoms with Crippen molar-refractivity contribution in [2.75, 3.05) is 13.7 Å². The fraction of sp³-hybridized carbons (Fsp3) is 0.385. The number of likely N-dealkylation sites (tertiary alicyclic amines) is 1. The van der Waals surface area contributed by atoms with Crippen LogP contribution in [0.5, 0.6) is 0 Å². The molecule has 8 heteroatoms. The zero-order chi connectivity index (χ0) is 15.7. The number of nitrogens with zero attached hydrogens (tertiary/aromatic N) is 1. The molecule has 1 N–H and O–H groups in total. The molecule has 5 nitrogen and oxygen atoms in total. The molecule has 0 spiro atoms. The number of methoxy groups -OCH3 is 1. The van der Waals surface area contributed by atoms with Crippen molar-refractivity contribution in [1.82, 2.24) is 4.90 Å². The SMILES string of the molecule is COC1CC(C(=O)O)N(C(=O)c2cc(Cl)cc(Cl)c2I)C1. The summed E-state index contributed by atoms with van der Waals surface area (Å²) in [6.45, 7) is 0.229. The molecular weight excluding hydrogens is 432 g/mol. The van der Waals surface area contributed by atoms with E-state index in [0.717, 1.165) is 0 Å². The molecular formula is C13H12Cl2INO4. The third kappa shape index (κ3) is 3.44. The van der Waals surface area contributed by atoms with Gasteiger partial charge in [0.1, 0.15) is 6.04 Å². The van der Waals surface area contributed by atoms with Crippen LogP contribution in [-0.4, -0.2) is 47.7 Å². The molecule has 0 bridgehead atoms. The molecule has 1 aromatic carbocycles. The lowest BCUT2D eigenvalue weighted by atomic mass is 10.1. The number of amides is 1. The van der Waals surface area contributed by atoms with Crippen LogP contribution in [0.3, 0.4) is 0 Å². The number of ether oxygens (including phenoxy) is 1. The van der Waals surface area contributed by atoms with E-state index in [-0.39, 0.29) is 19.1 Å². The van der Waals surface area contributed by atoms with Crippen molar-refractivity contribution in [3.63, 3.8) is 0 Å². The molecule has 1 fully saturated rings. The number of carbonyl (C=O) groups is 2. The van der Waals surface area contributed by atoms with Crippen LogP contribution in [0.4, 0.5) is 0 Å². The van der Waals surface area contributed by atoms with Gasteiger partial charge in [-0.15, -0.1) is 0 Å². The van der Waals surface area contributed by atoms with Crippen molar-refractivity contribution in [1.29, 1.82) is 0 Å². The van der Waals surface area contributed by atoms with Gasteiger partial charge in [-0.05, 0) is 34.7 Å². The highest BCUT2D eigenvalue weighted by Crippen LogP contribution is 2.30. The molecule has 21 heavy (non-hydrogen) atoms. The minimum absolute atomic E-state index is 0.229. The minimum atomic E-state index is -1.05. The lowest BCUT2D eigenvalue weighted by Gasteiger charge is -2.22. The fourth-order valence-electron chi connectivity index (χ4n) is 2.29. The Morgan fingerprint density at radius 2 is 2.10 bits per heavy atom. The highest BCUT2D eigenvalue weighted by Gasteiger charge is 2.40. The molecule has 2 atom stereocenters. The molecule has 114 valence electrons. The van der Waals surface area contributed by atoms with Crippen LogP contribution < -0.4 is 0 Å². The van der Waals surface area contributed by atoms with Crippen molar-refractivity contribution < 1.29 is 19.4 Å². The lowest BCUT2D eigenvalue weighted by Crippen LogP contribution is -2.41. The molecule has 0 radical (unpaired) electrons. The summed E-state index contributed by atoms with van der Waals surface area (Å²) in [6, 6.07) is 2.13. The van der Waals surface area contributed by atoms with Crippen LogP contribution in [0.25, 0.3) is 0 Å². The van der Waals surface area contributed by atoms with Crippen LogP contribution >= 0.6 is 45.8 Å². The summed E-state index contributed by atoms with van der Waals surface area (Å²) in [5.41, 5.74) is 0.302. The number of benzene rings is 1. The van der Waals surface area contributed by atoms with Crippen LogP contribution in [0.15, 0.2) is 12.1 Å². The first-order valence-corrected chi connectivity index (χ1v) is 7.89. The molecule has 1 aliphatic rings. The topological polar surface area (TPSA) is 66.8 Å². The lowest BCUT2D eigenvalue weighted by molar-refractivity contribution is -0.141. The van der Waals surface area contributed by atoms with Gasteiger partial charge in [0.05, 0.1) is 16.7 Å². The van der Waals surface area contributed by atoms with E-state index in [0.29, 0.717) is 19.2 Å². The largest absolute Gasteiger partial charge is 0.480 e. The fourth-order valence-corrected chi connectivity index (χ4v) is 3.33. The van der Waals surface area contributed by atoms with E-state index in [4.69, 9.17) is 27.9 Å². The Balaban J connectivity index is 2.37. The Bertz CT molecular complexity index is 596. The predicted molar refractivity (Wildman–Crippen MR) is 87.1 cm³/mol. The van der Waals surface area contributed by atoms with E-state index in [2.05, 4.69) is 0 Å². The van der Waals surface area contributed by atoms with E-state index < -0.39 is 17.9 Å². The Hall–Kier alpha value is -0.570. The Morgan fingerprint density at radius 1 is 1.43 bits per heavy atom. The normalized spacial score (nSPS) is 21.6. The average Bonchev–Trinajstić information content (AvgIpc) is 2.86. The van der Waals surface area contributed by atoms with Gasteiger partial charge in [-0.25, -0.2) is 4.79 Å². The molecule has 1 saturated heterocycles. The van der Waals surface area contributed by atoms with Gasteiger partial charge in [0.2, 0.25) is 0 Å². The Kier molecular flexibility index (Phi) is 5.34. The molecule has 1 heterocycles. The minimum Gasteiger partial charge on any atom is -0.480 e. The van der Waals surface area contributed by atoms with Crippen molar-refractivity contribution in [3.8, 4) is 0 Å². The monoisotopic (exact) mass is 443 g/mol. The van der Waals surface area contributed by atoms with Gasteiger partial charge in [-0.3, -0.25) is 4.79 Å². The maximum absolute atomic E-state index is 12.6. The van der Waals surface area contributed by atoms with Crippen LogP contribution in [0, 0.1) is 3.57 Å². The van der Waals surface area contributed by atoms with Crippen LogP contribution in [-0.2, 0) is 9.53 Å². The second-order valence-corrected chi connectivity index (χ2v) is 6.58. The number of rotatable bonds is 3. The second kappa shape index (κ2) is 6.68. The highest BCUT2D eigenvalue weighted by molar-refractivity contribution is 14.1. The zero-order valence-electron chi connectivity index (χ0n) is 11.0. The van der Waals surface area contributed by atoms with Gasteiger partial charge in [-0.2, -0.15) is 0 Å². The van der Waals surface area contributed by atoms with E-state index >= 15 is 0 Å². The van der Waals surface area contributed by atoms with Gasteiger partial charge in [0, 0.05) is 28.7 Å². The first kappa shape index (κ1) is 16.8. The maximum Gasteiger partial charge on any atom is 0.326 e. The van der Waals surface area contributed by atoms with E-state index in [1.165, 1.54) is 24.1 Å². The molecule has 0 saturated carbocycles. The average molecular weight is 444 g/mol. The van der Waals surface area contributed by atoms with Crippen molar-refractivity contribution in [2.45, 2.75) is 18.6 Å². The van der Waals surface area contributed by atoms with Gasteiger partial charge in [0.15, 0.2) is 0 Å². The summed E-state index contributed by atoms with van der Waals surface area (Å²) in [5.74, 6) is -1.46. The van der Waals surface area contributed by atoms with Crippen molar-refractivity contribution >= 4 is 57.7 Å². The highest BCUT2D eigenvalue weighted by atomic mass is 127. The Labute approximate surface area is 145 Å². The van der Waals surface area contributed by atoms with Crippen LogP contribution in [0.1, 0.15) is 16.8 Å². The smallest absolute Gasteiger partial charge is 0.326 e. The van der Waals surface area contributed by atoms with Gasteiger partial charge in [-0.1, -0.05) is 23.2 Å². The number of halogens is 3. The summed E-state index contributed by atoms with van der Waals surface area (Å²) in [4.78, 5) is 25.3. The summed E-state index contributed by atoms with van der Waals surface area (Å²) in [7, 11) is 1.50. The first-order chi connectivity index (χ1) is 9.85. The summed E-state index contributed by atoms with van der Waals surface area (Å²) in [6.07, 6.45) is -0.0232. The van der Waals surface area contributed by atoms with Gasteiger partial charge >= 0.3 is 5.97 Å². The number of hydrogen-bond acceptors (Lipinski definition) is 3. The summed E-state index contributed by atoms with van der Waals surface area (Å²) < 4.78 is 5.72. The van der Waals surface area contributed by atoms with E-state index in [1.54, 1.807) is 0 Å². The van der Waals surface area contributed by atoms with Crippen molar-refractivity contribution in [3.05, 3.63) is 31.3 Å². The van der Waals surface area contributed by atoms with Crippen molar-refractivity contribution in [2.24, 2.45) is 0 Å². The molecule has 1 aliphatic heterocycles. The summed E-state index contributed by atoms with van der Waals surface area (Å²) in [5, 5.41) is 9.96. The predicted octanol–water partition coefficient (Wildman–Crippen LogP) is 2.91. The van der Waals surface area contributed by atoms with Crippen LogP contribution in [0.2, 0.25) is 10.0 Å². The third-order valence-corrected chi connectivity index (χ3v) is 5.36. The number of carbonyl (C=O) groups excluding carboxylic acids is 1. The zero-order valence-corrected chi connectivity index (χ0v) is 14.6. The third-order valence-electron chi connectivity index (χ3n) is 3.37.